The van der Waals surface area contributed by atoms with Gasteiger partial charge in [-0.25, -0.2) is 0 Å². The second-order valence-corrected chi connectivity index (χ2v) is 4.66. The zero-order valence-corrected chi connectivity index (χ0v) is 10.6. The monoisotopic (exact) mass is 232 g/mol. The molecule has 1 heterocycles. The van der Waals surface area contributed by atoms with Crippen LogP contribution in [0.25, 0.3) is 6.08 Å². The zero-order chi connectivity index (χ0) is 11.9. The Balaban J connectivity index is 1.90. The summed E-state index contributed by atoms with van der Waals surface area (Å²) in [5, 5.41) is 0. The molecule has 17 heavy (non-hydrogen) atoms. The lowest BCUT2D eigenvalue weighted by Gasteiger charge is -2.21. The number of benzene rings is 1. The smallest absolute Gasteiger partial charge is 0.126 e. The highest BCUT2D eigenvalue weighted by atomic mass is 16.5. The van der Waals surface area contributed by atoms with Gasteiger partial charge in [0.05, 0.1) is 26.7 Å². The van der Waals surface area contributed by atoms with Gasteiger partial charge in [-0.15, -0.1) is 0 Å². The summed E-state index contributed by atoms with van der Waals surface area (Å²) in [6.07, 6.45) is 8.65. The second-order valence-electron chi connectivity index (χ2n) is 4.66. The van der Waals surface area contributed by atoms with E-state index >= 15 is 0 Å². The predicted molar refractivity (Wildman–Crippen MR) is 71.4 cm³/mol. The van der Waals surface area contributed by atoms with Crippen molar-refractivity contribution >= 4 is 6.08 Å². The van der Waals surface area contributed by atoms with E-state index in [0.717, 1.165) is 12.3 Å². The Labute approximate surface area is 104 Å². The molecule has 1 aliphatic rings. The molecule has 0 saturated carbocycles. The fourth-order valence-electron chi connectivity index (χ4n) is 2.41. The van der Waals surface area contributed by atoms with E-state index in [0.29, 0.717) is 0 Å². The molecule has 1 N–H and O–H groups in total. The van der Waals surface area contributed by atoms with E-state index in [1.165, 1.54) is 37.9 Å². The number of nitrogens with one attached hydrogen (secondary N) is 1. The normalized spacial score (nSPS) is 17.5. The molecule has 1 aromatic rings. The van der Waals surface area contributed by atoms with Gasteiger partial charge < -0.3 is 9.64 Å². The summed E-state index contributed by atoms with van der Waals surface area (Å²) in [5.74, 6) is 0.956. The second kappa shape index (κ2) is 6.45. The van der Waals surface area contributed by atoms with E-state index in [2.05, 4.69) is 24.3 Å². The van der Waals surface area contributed by atoms with Crippen molar-refractivity contribution in [2.75, 3.05) is 26.7 Å². The van der Waals surface area contributed by atoms with Gasteiger partial charge in [-0.05, 0) is 37.5 Å². The molecule has 0 bridgehead atoms. The number of rotatable bonds is 4. The summed E-state index contributed by atoms with van der Waals surface area (Å²) in [7, 11) is 1.72. The zero-order valence-electron chi connectivity index (χ0n) is 10.6. The maximum absolute atomic E-state index is 5.33. The van der Waals surface area contributed by atoms with Crippen LogP contribution in [0, 0.1) is 0 Å². The molecular weight excluding hydrogens is 210 g/mol. The van der Waals surface area contributed by atoms with Gasteiger partial charge in [-0.1, -0.05) is 18.2 Å². The number of quaternary nitrogens is 1. The van der Waals surface area contributed by atoms with Crippen molar-refractivity contribution in [3.8, 4) is 5.75 Å². The molecule has 92 valence electrons. The van der Waals surface area contributed by atoms with E-state index in [4.69, 9.17) is 4.74 Å². The molecule has 1 aliphatic heterocycles. The first-order valence-electron chi connectivity index (χ1n) is 6.53. The molecular formula is C15H22NO+. The Hall–Kier alpha value is -1.28. The fraction of sp³-hybridized carbons (Fsp3) is 0.467. The molecule has 0 unspecified atom stereocenters. The van der Waals surface area contributed by atoms with Crippen molar-refractivity contribution < 1.29 is 9.64 Å². The van der Waals surface area contributed by atoms with Crippen molar-refractivity contribution in [3.05, 3.63) is 35.9 Å². The van der Waals surface area contributed by atoms with Crippen molar-refractivity contribution in [2.45, 2.75) is 19.3 Å². The van der Waals surface area contributed by atoms with Crippen LogP contribution in [-0.2, 0) is 0 Å². The van der Waals surface area contributed by atoms with Crippen molar-refractivity contribution in [2.24, 2.45) is 0 Å². The molecule has 0 atom stereocenters. The third-order valence-corrected chi connectivity index (χ3v) is 3.40. The van der Waals surface area contributed by atoms with Gasteiger partial charge in [-0.2, -0.15) is 0 Å². The lowest BCUT2D eigenvalue weighted by molar-refractivity contribution is -0.898. The van der Waals surface area contributed by atoms with Gasteiger partial charge in [0.25, 0.3) is 0 Å². The average Bonchev–Trinajstić information content (AvgIpc) is 2.40. The van der Waals surface area contributed by atoms with Crippen molar-refractivity contribution in [3.63, 3.8) is 0 Å². The Morgan fingerprint density at radius 3 is 2.71 bits per heavy atom. The molecule has 0 spiro atoms. The summed E-state index contributed by atoms with van der Waals surface area (Å²) in [4.78, 5) is 1.71. The number of hydrogen-bond donors (Lipinski definition) is 1. The fourth-order valence-corrected chi connectivity index (χ4v) is 2.41. The van der Waals surface area contributed by atoms with Gasteiger partial charge in [0.1, 0.15) is 5.75 Å². The minimum atomic E-state index is 0.956. The summed E-state index contributed by atoms with van der Waals surface area (Å²) in [5.41, 5.74) is 1.17. The predicted octanol–water partition coefficient (Wildman–Crippen LogP) is 1.78. The maximum Gasteiger partial charge on any atom is 0.126 e. The highest BCUT2D eigenvalue weighted by Gasteiger charge is 2.10. The molecule has 2 rings (SSSR count). The van der Waals surface area contributed by atoms with Crippen LogP contribution in [0.5, 0.6) is 5.75 Å². The van der Waals surface area contributed by atoms with E-state index in [1.807, 2.05) is 12.1 Å². The van der Waals surface area contributed by atoms with Gasteiger partial charge in [-0.3, -0.25) is 0 Å². The molecule has 1 fully saturated rings. The van der Waals surface area contributed by atoms with Gasteiger partial charge in [0, 0.05) is 5.56 Å². The summed E-state index contributed by atoms with van der Waals surface area (Å²) in [6, 6.07) is 8.16. The third-order valence-electron chi connectivity index (χ3n) is 3.40. The number of methoxy groups -OCH3 is 1. The number of hydrogen-bond acceptors (Lipinski definition) is 1. The summed E-state index contributed by atoms with van der Waals surface area (Å²) >= 11 is 0. The van der Waals surface area contributed by atoms with Crippen molar-refractivity contribution in [1.29, 1.82) is 0 Å². The van der Waals surface area contributed by atoms with E-state index in [9.17, 15) is 0 Å². The molecule has 1 aromatic carbocycles. The van der Waals surface area contributed by atoms with Gasteiger partial charge >= 0.3 is 0 Å². The quantitative estimate of drug-likeness (QED) is 0.835. The Morgan fingerprint density at radius 2 is 1.94 bits per heavy atom. The van der Waals surface area contributed by atoms with Crippen LogP contribution < -0.4 is 9.64 Å². The van der Waals surface area contributed by atoms with Crippen LogP contribution in [0.2, 0.25) is 0 Å². The van der Waals surface area contributed by atoms with Gasteiger partial charge in [0.15, 0.2) is 0 Å². The van der Waals surface area contributed by atoms with Crippen LogP contribution in [0.1, 0.15) is 24.8 Å². The summed E-state index contributed by atoms with van der Waals surface area (Å²) in [6.45, 7) is 3.80. The number of ether oxygens (including phenoxy) is 1. The Morgan fingerprint density at radius 1 is 1.18 bits per heavy atom. The lowest BCUT2D eigenvalue weighted by atomic mass is 10.1. The minimum absolute atomic E-state index is 0.956. The first-order chi connectivity index (χ1) is 8.40. The largest absolute Gasteiger partial charge is 0.496 e. The standard InChI is InChI=1S/C15H21NO/c1-17-15-10-4-3-8-14(15)9-7-13-16-11-5-2-6-12-16/h3-4,7-10H,2,5-6,11-13H2,1H3/p+1/b9-7+. The third kappa shape index (κ3) is 3.60. The molecule has 2 nitrogen and oxygen atoms in total. The topological polar surface area (TPSA) is 13.7 Å². The molecule has 0 aliphatic carbocycles. The molecule has 0 amide bonds. The van der Waals surface area contributed by atoms with Crippen LogP contribution in [-0.4, -0.2) is 26.7 Å². The van der Waals surface area contributed by atoms with Crippen LogP contribution >= 0.6 is 0 Å². The van der Waals surface area contributed by atoms with Gasteiger partial charge in [0.2, 0.25) is 0 Å². The number of likely N-dealkylation sites (tertiary alicyclic amines) is 1. The first-order valence-corrected chi connectivity index (χ1v) is 6.53. The van der Waals surface area contributed by atoms with E-state index in [-0.39, 0.29) is 0 Å². The molecule has 0 radical (unpaired) electrons. The first kappa shape index (κ1) is 12.2. The van der Waals surface area contributed by atoms with E-state index < -0.39 is 0 Å². The van der Waals surface area contributed by atoms with Crippen LogP contribution in [0.3, 0.4) is 0 Å². The SMILES string of the molecule is COc1ccccc1/C=C/C[NH+]1CCCCC1. The van der Waals surface area contributed by atoms with Crippen molar-refractivity contribution in [1.82, 2.24) is 0 Å². The molecule has 1 saturated heterocycles. The van der Waals surface area contributed by atoms with Crippen LogP contribution in [0.15, 0.2) is 30.3 Å². The minimum Gasteiger partial charge on any atom is -0.496 e. The van der Waals surface area contributed by atoms with Crippen LogP contribution in [0.4, 0.5) is 0 Å². The Kier molecular flexibility index (Phi) is 4.63. The number of para-hydroxylation sites is 1. The maximum atomic E-state index is 5.33. The van der Waals surface area contributed by atoms with E-state index in [1.54, 1.807) is 12.0 Å². The number of piperidine rings is 1. The average molecular weight is 232 g/mol. The molecule has 2 heteroatoms. The highest BCUT2D eigenvalue weighted by molar-refractivity contribution is 5.57. The Bertz CT molecular complexity index is 367. The summed E-state index contributed by atoms with van der Waals surface area (Å²) < 4.78 is 5.33. The molecule has 0 aromatic heterocycles. The lowest BCUT2D eigenvalue weighted by Crippen LogP contribution is -3.12. The highest BCUT2D eigenvalue weighted by Crippen LogP contribution is 2.18.